The van der Waals surface area contributed by atoms with Gasteiger partial charge in [-0.3, -0.25) is 14.8 Å². The quantitative estimate of drug-likeness (QED) is 0.587. The zero-order chi connectivity index (χ0) is 18.2. The van der Waals surface area contributed by atoms with Crippen LogP contribution in [0.3, 0.4) is 0 Å². The maximum atomic E-state index is 12.8. The Morgan fingerprint density at radius 2 is 2.12 bits per heavy atom. The average molecular weight is 367 g/mol. The van der Waals surface area contributed by atoms with Crippen LogP contribution in [-0.4, -0.2) is 35.5 Å². The Balaban J connectivity index is 2.04. The van der Waals surface area contributed by atoms with Gasteiger partial charge in [0, 0.05) is 18.3 Å². The first-order valence-electron chi connectivity index (χ1n) is 8.14. The molecule has 0 spiro atoms. The molecule has 0 bridgehead atoms. The van der Waals surface area contributed by atoms with Gasteiger partial charge in [-0.05, 0) is 24.8 Å². The van der Waals surface area contributed by atoms with Gasteiger partial charge in [-0.15, -0.1) is 0 Å². The molecule has 2 atom stereocenters. The summed E-state index contributed by atoms with van der Waals surface area (Å²) in [5.74, 6) is 0.106. The number of aromatic nitrogens is 3. The highest BCUT2D eigenvalue weighted by Crippen LogP contribution is 2.34. The number of nitrogens with one attached hydrogen (secondary N) is 3. The third-order valence-electron chi connectivity index (χ3n) is 5.03. The van der Waals surface area contributed by atoms with Crippen molar-refractivity contribution in [3.63, 3.8) is 0 Å². The molecule has 0 radical (unpaired) electrons. The summed E-state index contributed by atoms with van der Waals surface area (Å²) in [6.07, 6.45) is 4.64. The Kier molecular flexibility index (Phi) is 4.52. The van der Waals surface area contributed by atoms with Gasteiger partial charge in [0.15, 0.2) is 0 Å². The van der Waals surface area contributed by atoms with E-state index in [0.717, 1.165) is 25.5 Å². The summed E-state index contributed by atoms with van der Waals surface area (Å²) in [5, 5.41) is 0.000895. The highest BCUT2D eigenvalue weighted by Gasteiger charge is 2.40. The molecule has 3 rings (SSSR count). The Labute approximate surface area is 144 Å². The van der Waals surface area contributed by atoms with Crippen molar-refractivity contribution in [2.24, 2.45) is 11.7 Å². The predicted octanol–water partition coefficient (Wildman–Crippen LogP) is -0.203. The van der Waals surface area contributed by atoms with Crippen LogP contribution in [0.4, 0.5) is 0 Å². The minimum Gasteiger partial charge on any atom is -0.329 e. The molecule has 136 valence electrons. The number of pyridine rings is 1. The standard InChI is InChI=1S/C15H21N5O4S/c1-9-4-2-3-5-15(9,8-16)20-25(23,24)10-6-11-12(17-7-10)18-14(22)19-13(11)21/h6-7,9,20H,2-5,8,16H2,1H3,(H2,17,18,19,21,22). The van der Waals surface area contributed by atoms with Crippen LogP contribution in [0.2, 0.25) is 0 Å². The molecule has 25 heavy (non-hydrogen) atoms. The molecule has 9 nitrogen and oxygen atoms in total. The number of hydrogen-bond donors (Lipinski definition) is 4. The highest BCUT2D eigenvalue weighted by molar-refractivity contribution is 7.89. The van der Waals surface area contributed by atoms with E-state index in [9.17, 15) is 18.0 Å². The van der Waals surface area contributed by atoms with Crippen LogP contribution in [0.5, 0.6) is 0 Å². The van der Waals surface area contributed by atoms with E-state index >= 15 is 0 Å². The second kappa shape index (κ2) is 6.36. The topological polar surface area (TPSA) is 151 Å². The molecule has 1 fully saturated rings. The van der Waals surface area contributed by atoms with Gasteiger partial charge in [-0.1, -0.05) is 19.8 Å². The van der Waals surface area contributed by atoms with Gasteiger partial charge < -0.3 is 5.73 Å². The second-order valence-corrected chi connectivity index (χ2v) is 8.27. The first kappa shape index (κ1) is 17.8. The van der Waals surface area contributed by atoms with Crippen molar-refractivity contribution in [3.05, 3.63) is 33.1 Å². The summed E-state index contributed by atoms with van der Waals surface area (Å²) in [6.45, 7) is 2.19. The number of aromatic amines is 2. The van der Waals surface area contributed by atoms with Crippen molar-refractivity contribution in [1.82, 2.24) is 19.7 Å². The van der Waals surface area contributed by atoms with Crippen LogP contribution >= 0.6 is 0 Å². The SMILES string of the molecule is CC1CCCCC1(CN)NS(=O)(=O)c1cnc2[nH]c(=O)[nH]c(=O)c2c1. The summed E-state index contributed by atoms with van der Waals surface area (Å²) in [7, 11) is -3.92. The number of hydrogen-bond acceptors (Lipinski definition) is 6. The fraction of sp³-hybridized carbons (Fsp3) is 0.533. The van der Waals surface area contributed by atoms with Gasteiger partial charge in [0.1, 0.15) is 10.5 Å². The van der Waals surface area contributed by atoms with Gasteiger partial charge in [0.05, 0.1) is 5.39 Å². The predicted molar refractivity (Wildman–Crippen MR) is 92.7 cm³/mol. The number of H-pyrrole nitrogens is 2. The molecular formula is C15H21N5O4S. The van der Waals surface area contributed by atoms with Crippen LogP contribution in [0.1, 0.15) is 32.6 Å². The van der Waals surface area contributed by atoms with Crippen molar-refractivity contribution in [3.8, 4) is 0 Å². The van der Waals surface area contributed by atoms with E-state index in [1.807, 2.05) is 6.92 Å². The lowest BCUT2D eigenvalue weighted by Crippen LogP contribution is -2.58. The Morgan fingerprint density at radius 3 is 2.80 bits per heavy atom. The zero-order valence-corrected chi connectivity index (χ0v) is 14.6. The number of fused-ring (bicyclic) bond motifs is 1. The third kappa shape index (κ3) is 3.24. The van der Waals surface area contributed by atoms with E-state index in [1.165, 1.54) is 6.07 Å². The fourth-order valence-electron chi connectivity index (χ4n) is 3.41. The van der Waals surface area contributed by atoms with Crippen molar-refractivity contribution in [2.75, 3.05) is 6.54 Å². The lowest BCUT2D eigenvalue weighted by molar-refractivity contribution is 0.191. The summed E-state index contributed by atoms with van der Waals surface area (Å²) >= 11 is 0. The summed E-state index contributed by atoms with van der Waals surface area (Å²) in [6, 6.07) is 1.21. The van der Waals surface area contributed by atoms with Crippen LogP contribution in [-0.2, 0) is 10.0 Å². The molecule has 0 amide bonds. The summed E-state index contributed by atoms with van der Waals surface area (Å²) in [4.78, 5) is 31.3. The van der Waals surface area contributed by atoms with Crippen molar-refractivity contribution in [2.45, 2.75) is 43.0 Å². The minimum absolute atomic E-state index is 0.000895. The van der Waals surface area contributed by atoms with Gasteiger partial charge in [0.2, 0.25) is 10.0 Å². The number of rotatable bonds is 4. The first-order valence-corrected chi connectivity index (χ1v) is 9.62. The molecule has 5 N–H and O–H groups in total. The molecule has 0 aliphatic heterocycles. The van der Waals surface area contributed by atoms with Crippen LogP contribution in [0, 0.1) is 5.92 Å². The maximum Gasteiger partial charge on any atom is 0.327 e. The molecule has 2 unspecified atom stereocenters. The van der Waals surface area contributed by atoms with Crippen molar-refractivity contribution >= 4 is 21.1 Å². The maximum absolute atomic E-state index is 12.8. The molecule has 0 aromatic carbocycles. The molecular weight excluding hydrogens is 346 g/mol. The molecule has 1 aliphatic carbocycles. The number of nitrogens with zero attached hydrogens (tertiary/aromatic N) is 1. The van der Waals surface area contributed by atoms with Gasteiger partial charge in [0.25, 0.3) is 5.56 Å². The molecule has 2 aromatic heterocycles. The number of nitrogens with two attached hydrogens (primary N) is 1. The van der Waals surface area contributed by atoms with Crippen LogP contribution in [0.25, 0.3) is 11.0 Å². The lowest BCUT2D eigenvalue weighted by Gasteiger charge is -2.42. The van der Waals surface area contributed by atoms with E-state index < -0.39 is 26.8 Å². The molecule has 1 saturated carbocycles. The second-order valence-electron chi connectivity index (χ2n) is 6.59. The largest absolute Gasteiger partial charge is 0.329 e. The highest BCUT2D eigenvalue weighted by atomic mass is 32.2. The van der Waals surface area contributed by atoms with Crippen molar-refractivity contribution in [1.29, 1.82) is 0 Å². The summed E-state index contributed by atoms with van der Waals surface area (Å²) < 4.78 is 28.4. The van der Waals surface area contributed by atoms with E-state index in [0.29, 0.717) is 6.42 Å². The Hall–Kier alpha value is -2.04. The lowest BCUT2D eigenvalue weighted by atomic mass is 9.74. The normalized spacial score (nSPS) is 24.5. The molecule has 2 aromatic rings. The minimum atomic E-state index is -3.92. The average Bonchev–Trinajstić information content (AvgIpc) is 2.56. The monoisotopic (exact) mass is 367 g/mol. The zero-order valence-electron chi connectivity index (χ0n) is 13.8. The van der Waals surface area contributed by atoms with E-state index in [2.05, 4.69) is 19.7 Å². The third-order valence-corrected chi connectivity index (χ3v) is 6.55. The Bertz CT molecular complexity index is 1010. The van der Waals surface area contributed by atoms with Crippen molar-refractivity contribution < 1.29 is 8.42 Å². The fourth-order valence-corrected chi connectivity index (χ4v) is 4.92. The van der Waals surface area contributed by atoms with E-state index in [4.69, 9.17) is 5.73 Å². The smallest absolute Gasteiger partial charge is 0.327 e. The molecule has 2 heterocycles. The number of sulfonamides is 1. The van der Waals surface area contributed by atoms with Crippen LogP contribution < -0.4 is 21.7 Å². The van der Waals surface area contributed by atoms with Crippen LogP contribution in [0.15, 0.2) is 26.7 Å². The first-order chi connectivity index (χ1) is 11.8. The molecule has 1 aliphatic rings. The van der Waals surface area contributed by atoms with Gasteiger partial charge in [-0.2, -0.15) is 0 Å². The molecule has 10 heteroatoms. The van der Waals surface area contributed by atoms with Gasteiger partial charge in [-0.25, -0.2) is 22.9 Å². The van der Waals surface area contributed by atoms with Gasteiger partial charge >= 0.3 is 5.69 Å². The molecule has 0 saturated heterocycles. The Morgan fingerprint density at radius 1 is 1.36 bits per heavy atom. The summed E-state index contributed by atoms with van der Waals surface area (Å²) in [5.41, 5.74) is 3.85. The van der Waals surface area contributed by atoms with E-state index in [-0.39, 0.29) is 28.4 Å². The van der Waals surface area contributed by atoms with E-state index in [1.54, 1.807) is 0 Å².